The number of rotatable bonds is 5. The highest BCUT2D eigenvalue weighted by Crippen LogP contribution is 2.24. The van der Waals surface area contributed by atoms with Gasteiger partial charge in [-0.3, -0.25) is 24.3 Å². The van der Waals surface area contributed by atoms with Gasteiger partial charge >= 0.3 is 0 Å². The molecule has 0 saturated heterocycles. The Labute approximate surface area is 152 Å². The Morgan fingerprint density at radius 2 is 1.81 bits per heavy atom. The summed E-state index contributed by atoms with van der Waals surface area (Å²) in [6, 6.07) is 3.94. The fraction of sp³-hybridized carbons (Fsp3) is 0.375. The van der Waals surface area contributed by atoms with Crippen molar-refractivity contribution in [3.63, 3.8) is 0 Å². The van der Waals surface area contributed by atoms with E-state index >= 15 is 0 Å². The first-order valence-electron chi connectivity index (χ1n) is 7.54. The van der Waals surface area contributed by atoms with Crippen LogP contribution in [0.4, 0.5) is 11.4 Å². The van der Waals surface area contributed by atoms with Crippen LogP contribution in [0.3, 0.4) is 0 Å². The molecule has 9 nitrogen and oxygen atoms in total. The lowest BCUT2D eigenvalue weighted by Crippen LogP contribution is -2.07. The van der Waals surface area contributed by atoms with Gasteiger partial charge in [0.25, 0.3) is 15.8 Å². The third-order valence-electron chi connectivity index (χ3n) is 3.35. The van der Waals surface area contributed by atoms with Gasteiger partial charge in [-0.1, -0.05) is 0 Å². The summed E-state index contributed by atoms with van der Waals surface area (Å²) in [6.07, 6.45) is 5.81. The molecule has 0 aliphatic rings. The number of pyridine rings is 2. The largest absolute Gasteiger partial charge is 0.378 e. The predicted octanol–water partition coefficient (Wildman–Crippen LogP) is 2.23. The molecule has 0 atom stereocenters. The maximum Gasteiger partial charge on any atom is 0.278 e. The van der Waals surface area contributed by atoms with Crippen LogP contribution < -0.4 is 4.90 Å². The summed E-state index contributed by atoms with van der Waals surface area (Å²) in [6.45, 7) is 2.78. The van der Waals surface area contributed by atoms with Gasteiger partial charge in [-0.25, -0.2) is 0 Å². The standard InChI is InChI=1S/C9H12N2O5S.C7H10N2/c1-6-4-10-8(5-16-17(3,14)15)7(2)9(6)11(12)13;1-9(2)7-3-5-8-6-4-7/h4H,5H2,1-3H3;3-6H,1-2H3. The Balaban J connectivity index is 0.000000314. The number of nitro groups is 1. The average Bonchev–Trinajstić information content (AvgIpc) is 2.54. The number of nitrogens with zero attached hydrogens (tertiary/aromatic N) is 4. The van der Waals surface area contributed by atoms with Gasteiger partial charge in [0.2, 0.25) is 0 Å². The highest BCUT2D eigenvalue weighted by atomic mass is 32.2. The van der Waals surface area contributed by atoms with E-state index in [4.69, 9.17) is 0 Å². The molecule has 0 unspecified atom stereocenters. The molecular weight excluding hydrogens is 360 g/mol. The molecule has 0 fully saturated rings. The minimum absolute atomic E-state index is 0.0629. The van der Waals surface area contributed by atoms with Crippen molar-refractivity contribution in [1.29, 1.82) is 0 Å². The van der Waals surface area contributed by atoms with Crippen LogP contribution in [0.25, 0.3) is 0 Å². The predicted molar refractivity (Wildman–Crippen MR) is 98.6 cm³/mol. The molecule has 2 aromatic heterocycles. The molecule has 142 valence electrons. The van der Waals surface area contributed by atoms with E-state index in [-0.39, 0.29) is 18.0 Å². The highest BCUT2D eigenvalue weighted by Gasteiger charge is 2.19. The zero-order valence-electron chi connectivity index (χ0n) is 15.3. The Kier molecular flexibility index (Phi) is 7.59. The molecule has 0 aromatic carbocycles. The molecule has 0 bridgehead atoms. The highest BCUT2D eigenvalue weighted by molar-refractivity contribution is 7.85. The minimum Gasteiger partial charge on any atom is -0.378 e. The maximum atomic E-state index is 10.8. The molecule has 0 spiro atoms. The Morgan fingerprint density at radius 3 is 2.23 bits per heavy atom. The van der Waals surface area contributed by atoms with E-state index in [0.29, 0.717) is 11.1 Å². The van der Waals surface area contributed by atoms with Crippen molar-refractivity contribution in [2.75, 3.05) is 25.3 Å². The third-order valence-corrected chi connectivity index (χ3v) is 3.89. The van der Waals surface area contributed by atoms with Gasteiger partial charge in [-0.15, -0.1) is 0 Å². The summed E-state index contributed by atoms with van der Waals surface area (Å²) in [7, 11) is 0.426. The zero-order valence-corrected chi connectivity index (χ0v) is 16.1. The second kappa shape index (κ2) is 9.20. The minimum atomic E-state index is -3.59. The Hall–Kier alpha value is -2.59. The lowest BCUT2D eigenvalue weighted by Gasteiger charge is -2.10. The third kappa shape index (κ3) is 6.73. The van der Waals surface area contributed by atoms with Crippen molar-refractivity contribution in [3.05, 3.63) is 57.7 Å². The molecule has 0 aliphatic carbocycles. The maximum absolute atomic E-state index is 10.8. The van der Waals surface area contributed by atoms with Crippen LogP contribution in [0.5, 0.6) is 0 Å². The normalized spacial score (nSPS) is 10.7. The monoisotopic (exact) mass is 382 g/mol. The van der Waals surface area contributed by atoms with Crippen molar-refractivity contribution >= 4 is 21.5 Å². The van der Waals surface area contributed by atoms with E-state index in [1.54, 1.807) is 19.3 Å². The van der Waals surface area contributed by atoms with E-state index in [1.165, 1.54) is 18.8 Å². The van der Waals surface area contributed by atoms with Crippen LogP contribution in [0.15, 0.2) is 30.7 Å². The van der Waals surface area contributed by atoms with Crippen molar-refractivity contribution in [1.82, 2.24) is 9.97 Å². The molecular formula is C16H22N4O5S. The molecule has 2 rings (SSSR count). The quantitative estimate of drug-likeness (QED) is 0.439. The molecule has 2 heterocycles. The van der Waals surface area contributed by atoms with Gasteiger partial charge in [0.05, 0.1) is 22.4 Å². The van der Waals surface area contributed by atoms with Crippen LogP contribution in [0, 0.1) is 24.0 Å². The SMILES string of the molecule is CN(C)c1ccncc1.Cc1cnc(COS(C)(=O)=O)c(C)c1[N+](=O)[O-]. The molecule has 0 N–H and O–H groups in total. The zero-order chi connectivity index (χ0) is 19.9. The second-order valence-electron chi connectivity index (χ2n) is 5.68. The summed E-state index contributed by atoms with van der Waals surface area (Å²) in [5.74, 6) is 0. The van der Waals surface area contributed by atoms with Gasteiger partial charge in [0, 0.05) is 43.9 Å². The summed E-state index contributed by atoms with van der Waals surface area (Å²) in [4.78, 5) is 20.2. The number of anilines is 1. The van der Waals surface area contributed by atoms with Crippen LogP contribution in [0.2, 0.25) is 0 Å². The van der Waals surface area contributed by atoms with Crippen molar-refractivity contribution < 1.29 is 17.5 Å². The van der Waals surface area contributed by atoms with E-state index in [0.717, 1.165) is 6.26 Å². The second-order valence-corrected chi connectivity index (χ2v) is 7.33. The molecule has 0 aliphatic heterocycles. The fourth-order valence-electron chi connectivity index (χ4n) is 2.00. The van der Waals surface area contributed by atoms with Crippen LogP contribution in [-0.4, -0.2) is 43.7 Å². The molecule has 0 radical (unpaired) electrons. The Bertz CT molecular complexity index is 854. The lowest BCUT2D eigenvalue weighted by atomic mass is 10.1. The average molecular weight is 382 g/mol. The van der Waals surface area contributed by atoms with E-state index in [1.807, 2.05) is 31.1 Å². The molecule has 2 aromatic rings. The summed E-state index contributed by atoms with van der Waals surface area (Å²) in [5.41, 5.74) is 2.11. The van der Waals surface area contributed by atoms with Crippen molar-refractivity contribution in [2.45, 2.75) is 20.5 Å². The molecule has 0 amide bonds. The van der Waals surface area contributed by atoms with Gasteiger partial charge in [-0.2, -0.15) is 8.42 Å². The van der Waals surface area contributed by atoms with Crippen LogP contribution in [-0.2, 0) is 20.9 Å². The van der Waals surface area contributed by atoms with Gasteiger partial charge in [0.1, 0.15) is 6.61 Å². The van der Waals surface area contributed by atoms with E-state index in [9.17, 15) is 18.5 Å². The summed E-state index contributed by atoms with van der Waals surface area (Å²) >= 11 is 0. The van der Waals surface area contributed by atoms with Crippen molar-refractivity contribution in [2.24, 2.45) is 0 Å². The smallest absolute Gasteiger partial charge is 0.278 e. The number of aromatic nitrogens is 2. The number of hydrogen-bond donors (Lipinski definition) is 0. The summed E-state index contributed by atoms with van der Waals surface area (Å²) < 4.78 is 26.2. The topological polar surface area (TPSA) is 116 Å². The fourth-order valence-corrected chi connectivity index (χ4v) is 2.32. The van der Waals surface area contributed by atoms with Gasteiger partial charge in [-0.05, 0) is 26.0 Å². The molecule has 10 heteroatoms. The molecule has 0 saturated carbocycles. The van der Waals surface area contributed by atoms with Crippen LogP contribution >= 0.6 is 0 Å². The first-order chi connectivity index (χ1) is 12.0. The Morgan fingerprint density at radius 1 is 1.23 bits per heavy atom. The van der Waals surface area contributed by atoms with Crippen molar-refractivity contribution in [3.8, 4) is 0 Å². The lowest BCUT2D eigenvalue weighted by molar-refractivity contribution is -0.386. The number of hydrogen-bond acceptors (Lipinski definition) is 8. The van der Waals surface area contributed by atoms with Gasteiger partial charge in [0.15, 0.2) is 0 Å². The number of aryl methyl sites for hydroxylation is 1. The molecule has 26 heavy (non-hydrogen) atoms. The van der Waals surface area contributed by atoms with E-state index < -0.39 is 15.0 Å². The first kappa shape index (κ1) is 21.5. The first-order valence-corrected chi connectivity index (χ1v) is 9.35. The van der Waals surface area contributed by atoms with E-state index in [2.05, 4.69) is 14.2 Å². The van der Waals surface area contributed by atoms with Crippen LogP contribution in [0.1, 0.15) is 16.8 Å². The van der Waals surface area contributed by atoms with Gasteiger partial charge < -0.3 is 4.90 Å². The summed E-state index contributed by atoms with van der Waals surface area (Å²) in [5, 5.41) is 10.8.